The summed E-state index contributed by atoms with van der Waals surface area (Å²) in [6, 6.07) is 14.7. The number of hydrogen-bond acceptors (Lipinski definition) is 3. The lowest BCUT2D eigenvalue weighted by atomic mass is 9.97. The van der Waals surface area contributed by atoms with E-state index in [-0.39, 0.29) is 6.04 Å². The van der Waals surface area contributed by atoms with E-state index in [1.807, 2.05) is 18.2 Å². The van der Waals surface area contributed by atoms with E-state index >= 15 is 0 Å². The average Bonchev–Trinajstić information content (AvgIpc) is 2.40. The summed E-state index contributed by atoms with van der Waals surface area (Å²) in [4.78, 5) is 0.315. The molecule has 0 saturated heterocycles. The highest BCUT2D eigenvalue weighted by Crippen LogP contribution is 2.21. The third-order valence-electron chi connectivity index (χ3n) is 3.42. The Balaban J connectivity index is 2.26. The van der Waals surface area contributed by atoms with Crippen LogP contribution in [0.15, 0.2) is 53.4 Å². The Morgan fingerprint density at radius 3 is 2.45 bits per heavy atom. The molecule has 20 heavy (non-hydrogen) atoms. The van der Waals surface area contributed by atoms with Crippen molar-refractivity contribution in [3.05, 3.63) is 65.2 Å². The van der Waals surface area contributed by atoms with Crippen molar-refractivity contribution in [2.75, 3.05) is 6.26 Å². The molecule has 0 saturated carbocycles. The van der Waals surface area contributed by atoms with Crippen molar-refractivity contribution in [1.82, 2.24) is 0 Å². The minimum Gasteiger partial charge on any atom is -0.324 e. The summed E-state index contributed by atoms with van der Waals surface area (Å²) in [6.07, 6.45) is 1.90. The Morgan fingerprint density at radius 1 is 1.10 bits per heavy atom. The zero-order valence-electron chi connectivity index (χ0n) is 11.7. The minimum absolute atomic E-state index is 0.210. The Labute approximate surface area is 120 Å². The Bertz CT molecular complexity index is 708. The summed E-state index contributed by atoms with van der Waals surface area (Å²) in [5.41, 5.74) is 9.44. The lowest BCUT2D eigenvalue weighted by Gasteiger charge is -2.14. The summed E-state index contributed by atoms with van der Waals surface area (Å²) >= 11 is 0. The molecule has 0 fully saturated rings. The number of nitrogens with two attached hydrogens (primary N) is 1. The first-order valence-electron chi connectivity index (χ1n) is 6.48. The average molecular weight is 289 g/mol. The molecule has 0 aliphatic rings. The van der Waals surface area contributed by atoms with Gasteiger partial charge in [0.2, 0.25) is 0 Å². The molecule has 0 aliphatic carbocycles. The molecule has 0 aromatic heterocycles. The Hall–Kier alpha value is -1.65. The van der Waals surface area contributed by atoms with Crippen molar-refractivity contribution in [3.8, 4) is 0 Å². The second kappa shape index (κ2) is 5.77. The van der Waals surface area contributed by atoms with Gasteiger partial charge in [-0.2, -0.15) is 0 Å². The van der Waals surface area contributed by atoms with Crippen molar-refractivity contribution in [1.29, 1.82) is 0 Å². The van der Waals surface area contributed by atoms with Gasteiger partial charge in [0.1, 0.15) is 0 Å². The Morgan fingerprint density at radius 2 is 1.80 bits per heavy atom. The summed E-state index contributed by atoms with van der Waals surface area (Å²) in [5.74, 6) is 0. The highest BCUT2D eigenvalue weighted by Gasteiger charge is 2.12. The van der Waals surface area contributed by atoms with Crippen LogP contribution in [0.3, 0.4) is 0 Å². The lowest BCUT2D eigenvalue weighted by Crippen LogP contribution is -2.14. The topological polar surface area (TPSA) is 60.2 Å². The summed E-state index contributed by atoms with van der Waals surface area (Å²) in [6.45, 7) is 2.05. The van der Waals surface area contributed by atoms with Crippen molar-refractivity contribution in [3.63, 3.8) is 0 Å². The summed E-state index contributed by atoms with van der Waals surface area (Å²) in [5, 5.41) is 0. The molecule has 106 valence electrons. The van der Waals surface area contributed by atoms with E-state index in [4.69, 9.17) is 5.73 Å². The molecule has 2 aromatic rings. The van der Waals surface area contributed by atoms with Crippen LogP contribution in [0, 0.1) is 6.92 Å². The quantitative estimate of drug-likeness (QED) is 0.941. The van der Waals surface area contributed by atoms with Crippen LogP contribution in [0.25, 0.3) is 0 Å². The van der Waals surface area contributed by atoms with Gasteiger partial charge in [-0.05, 0) is 42.2 Å². The maximum Gasteiger partial charge on any atom is 0.175 e. The number of rotatable bonds is 4. The van der Waals surface area contributed by atoms with Gasteiger partial charge in [-0.3, -0.25) is 0 Å². The highest BCUT2D eigenvalue weighted by molar-refractivity contribution is 7.90. The van der Waals surface area contributed by atoms with Gasteiger partial charge in [0.05, 0.1) is 4.90 Å². The van der Waals surface area contributed by atoms with Gasteiger partial charge < -0.3 is 5.73 Å². The maximum atomic E-state index is 11.6. The first-order valence-corrected chi connectivity index (χ1v) is 8.37. The van der Waals surface area contributed by atoms with Crippen LogP contribution in [0.4, 0.5) is 0 Å². The summed E-state index contributed by atoms with van der Waals surface area (Å²) in [7, 11) is -3.20. The van der Waals surface area contributed by atoms with Crippen molar-refractivity contribution >= 4 is 9.84 Å². The van der Waals surface area contributed by atoms with E-state index in [1.165, 1.54) is 17.4 Å². The van der Waals surface area contributed by atoms with Crippen molar-refractivity contribution < 1.29 is 8.42 Å². The maximum absolute atomic E-state index is 11.6. The van der Waals surface area contributed by atoms with Crippen LogP contribution >= 0.6 is 0 Å². The van der Waals surface area contributed by atoms with Crippen molar-refractivity contribution in [2.24, 2.45) is 5.73 Å². The largest absolute Gasteiger partial charge is 0.324 e. The first kappa shape index (κ1) is 14.8. The van der Waals surface area contributed by atoms with E-state index in [0.717, 1.165) is 5.56 Å². The van der Waals surface area contributed by atoms with E-state index in [0.29, 0.717) is 11.3 Å². The minimum atomic E-state index is -3.20. The second-order valence-corrected chi connectivity index (χ2v) is 7.10. The third-order valence-corrected chi connectivity index (χ3v) is 4.53. The van der Waals surface area contributed by atoms with Crippen LogP contribution in [0.2, 0.25) is 0 Å². The fourth-order valence-electron chi connectivity index (χ4n) is 2.17. The second-order valence-electron chi connectivity index (χ2n) is 5.08. The number of benzene rings is 2. The Kier molecular flexibility index (Phi) is 4.26. The molecular weight excluding hydrogens is 270 g/mol. The molecule has 1 unspecified atom stereocenters. The molecule has 2 aromatic carbocycles. The number of sulfone groups is 1. The van der Waals surface area contributed by atoms with Crippen LogP contribution in [-0.4, -0.2) is 14.7 Å². The molecule has 0 aliphatic heterocycles. The smallest absolute Gasteiger partial charge is 0.175 e. The van der Waals surface area contributed by atoms with Gasteiger partial charge >= 0.3 is 0 Å². The zero-order chi connectivity index (χ0) is 14.8. The number of aryl methyl sites for hydroxylation is 1. The monoisotopic (exact) mass is 289 g/mol. The van der Waals surface area contributed by atoms with Gasteiger partial charge in [0.15, 0.2) is 9.84 Å². The standard InChI is InChI=1S/C16H19NO2S/c1-12-6-3-4-7-13(12)11-16(17)14-8-5-9-15(10-14)20(2,18)19/h3-10,16H,11,17H2,1-2H3. The fraction of sp³-hybridized carbons (Fsp3) is 0.250. The molecule has 0 heterocycles. The fourth-order valence-corrected chi connectivity index (χ4v) is 2.85. The molecule has 2 N–H and O–H groups in total. The van der Waals surface area contributed by atoms with Gasteiger partial charge in [0, 0.05) is 12.3 Å². The molecule has 0 spiro atoms. The predicted molar refractivity (Wildman–Crippen MR) is 81.4 cm³/mol. The molecule has 0 bridgehead atoms. The SMILES string of the molecule is Cc1ccccc1CC(N)c1cccc(S(C)(=O)=O)c1. The molecule has 0 radical (unpaired) electrons. The molecular formula is C16H19NO2S. The lowest BCUT2D eigenvalue weighted by molar-refractivity contribution is 0.601. The molecule has 2 rings (SSSR count). The molecule has 1 atom stereocenters. The van der Waals surface area contributed by atoms with E-state index in [1.54, 1.807) is 18.2 Å². The van der Waals surface area contributed by atoms with E-state index in [2.05, 4.69) is 19.1 Å². The van der Waals surface area contributed by atoms with Crippen LogP contribution in [0.5, 0.6) is 0 Å². The molecule has 3 nitrogen and oxygen atoms in total. The molecule has 4 heteroatoms. The predicted octanol–water partition coefficient (Wildman–Crippen LogP) is 2.64. The highest BCUT2D eigenvalue weighted by atomic mass is 32.2. The van der Waals surface area contributed by atoms with Crippen LogP contribution in [0.1, 0.15) is 22.7 Å². The van der Waals surface area contributed by atoms with E-state index in [9.17, 15) is 8.42 Å². The van der Waals surface area contributed by atoms with Gasteiger partial charge in [-0.25, -0.2) is 8.42 Å². The number of hydrogen-bond donors (Lipinski definition) is 1. The first-order chi connectivity index (χ1) is 9.38. The summed E-state index contributed by atoms with van der Waals surface area (Å²) < 4.78 is 23.2. The van der Waals surface area contributed by atoms with E-state index < -0.39 is 9.84 Å². The van der Waals surface area contributed by atoms with Crippen molar-refractivity contribution in [2.45, 2.75) is 24.3 Å². The third kappa shape index (κ3) is 3.46. The van der Waals surface area contributed by atoms with Gasteiger partial charge in [-0.1, -0.05) is 36.4 Å². The zero-order valence-corrected chi connectivity index (χ0v) is 12.5. The van der Waals surface area contributed by atoms with Crippen LogP contribution in [-0.2, 0) is 16.3 Å². The van der Waals surface area contributed by atoms with Gasteiger partial charge in [0.25, 0.3) is 0 Å². The van der Waals surface area contributed by atoms with Crippen LogP contribution < -0.4 is 5.73 Å². The normalized spacial score (nSPS) is 13.2. The molecule has 0 amide bonds. The van der Waals surface area contributed by atoms with Gasteiger partial charge in [-0.15, -0.1) is 0 Å².